The van der Waals surface area contributed by atoms with Crippen LogP contribution >= 0.6 is 0 Å². The van der Waals surface area contributed by atoms with Gasteiger partial charge in [0.2, 0.25) is 0 Å². The molecule has 0 spiro atoms. The number of nitrogens with zero attached hydrogens (tertiary/aromatic N) is 1. The third-order valence-corrected chi connectivity index (χ3v) is 7.93. The highest BCUT2D eigenvalue weighted by molar-refractivity contribution is 7.92. The van der Waals surface area contributed by atoms with Crippen LogP contribution in [0.4, 0.5) is 5.69 Å². The predicted octanol–water partition coefficient (Wildman–Crippen LogP) is 4.25. The molecule has 0 radical (unpaired) electrons. The van der Waals surface area contributed by atoms with Gasteiger partial charge in [0.1, 0.15) is 16.9 Å². The highest BCUT2D eigenvalue weighted by atomic mass is 32.2. The second-order valence-corrected chi connectivity index (χ2v) is 9.21. The number of sulfone groups is 1. The van der Waals surface area contributed by atoms with Gasteiger partial charge in [0, 0.05) is 5.56 Å². The first-order valence-electron chi connectivity index (χ1n) is 8.95. The molecule has 3 aromatic rings. The molecule has 27 heavy (non-hydrogen) atoms. The third kappa shape index (κ3) is 2.22. The minimum absolute atomic E-state index is 0.381. The van der Waals surface area contributed by atoms with E-state index in [4.69, 9.17) is 4.84 Å². The Morgan fingerprint density at radius 1 is 0.852 bits per heavy atom. The molecule has 1 fully saturated rings. The van der Waals surface area contributed by atoms with Crippen molar-refractivity contribution in [3.63, 3.8) is 0 Å². The van der Waals surface area contributed by atoms with Gasteiger partial charge in [-0.15, -0.1) is 0 Å². The largest absolute Gasteiger partial charge is 0.260 e. The molecule has 136 valence electrons. The van der Waals surface area contributed by atoms with Crippen LogP contribution in [0.2, 0.25) is 0 Å². The molecule has 4 nitrogen and oxygen atoms in total. The number of hydrogen-bond donors (Lipinski definition) is 0. The highest BCUT2D eigenvalue weighted by Gasteiger charge is 2.65. The lowest BCUT2D eigenvalue weighted by Crippen LogP contribution is -2.35. The number of anilines is 1. The Bertz CT molecular complexity index is 1100. The smallest absolute Gasteiger partial charge is 0.187 e. The van der Waals surface area contributed by atoms with Gasteiger partial charge in [-0.1, -0.05) is 66.7 Å². The van der Waals surface area contributed by atoms with Crippen molar-refractivity contribution in [3.05, 3.63) is 96.1 Å². The molecule has 2 aliphatic rings. The standard InChI is InChI=1S/C22H19NO3S/c1-22-18-14-8-9-15-19(18)27(24,25)21(22)20(16-10-4-2-5-11-16)23(26-22)17-12-6-3-7-13-17/h2-15,20-21H,1H3. The molecule has 0 bridgehead atoms. The van der Waals surface area contributed by atoms with Crippen molar-refractivity contribution in [2.45, 2.75) is 28.7 Å². The van der Waals surface area contributed by atoms with E-state index in [2.05, 4.69) is 0 Å². The fourth-order valence-electron chi connectivity index (χ4n) is 4.42. The molecular formula is C22H19NO3S. The van der Waals surface area contributed by atoms with E-state index >= 15 is 0 Å². The van der Waals surface area contributed by atoms with Crippen molar-refractivity contribution >= 4 is 15.5 Å². The summed E-state index contributed by atoms with van der Waals surface area (Å²) in [4.78, 5) is 6.82. The van der Waals surface area contributed by atoms with E-state index in [0.717, 1.165) is 16.8 Å². The second-order valence-electron chi connectivity index (χ2n) is 7.18. The summed E-state index contributed by atoms with van der Waals surface area (Å²) in [7, 11) is -3.55. The molecular weight excluding hydrogens is 358 g/mol. The van der Waals surface area contributed by atoms with Crippen LogP contribution in [0, 0.1) is 0 Å². The van der Waals surface area contributed by atoms with Gasteiger partial charge >= 0.3 is 0 Å². The van der Waals surface area contributed by atoms with E-state index in [1.807, 2.05) is 79.7 Å². The normalized spacial score (nSPS) is 28.0. The van der Waals surface area contributed by atoms with Crippen LogP contribution in [0.1, 0.15) is 24.1 Å². The SMILES string of the molecule is CC12ON(c3ccccc3)C(c3ccccc3)C1S(=O)(=O)c1ccccc12. The van der Waals surface area contributed by atoms with Gasteiger partial charge in [0.15, 0.2) is 9.84 Å². The number of benzene rings is 3. The molecule has 2 heterocycles. The fraction of sp³-hybridized carbons (Fsp3) is 0.182. The van der Waals surface area contributed by atoms with Crippen LogP contribution in [0.3, 0.4) is 0 Å². The zero-order chi connectivity index (χ0) is 18.6. The molecule has 3 unspecified atom stereocenters. The Morgan fingerprint density at radius 2 is 1.44 bits per heavy atom. The quantitative estimate of drug-likeness (QED) is 0.670. The second kappa shape index (κ2) is 5.68. The van der Waals surface area contributed by atoms with Crippen LogP contribution in [0.15, 0.2) is 89.8 Å². The minimum atomic E-state index is -3.55. The Hall–Kier alpha value is -2.63. The number of para-hydroxylation sites is 1. The van der Waals surface area contributed by atoms with Gasteiger partial charge in [-0.05, 0) is 30.7 Å². The molecule has 5 rings (SSSR count). The lowest BCUT2D eigenvalue weighted by Gasteiger charge is -2.28. The Labute approximate surface area is 158 Å². The molecule has 5 heteroatoms. The molecule has 0 aliphatic carbocycles. The van der Waals surface area contributed by atoms with Crippen LogP contribution in [-0.2, 0) is 20.3 Å². The molecule has 2 aliphatic heterocycles. The third-order valence-electron chi connectivity index (χ3n) is 5.58. The van der Waals surface area contributed by atoms with E-state index < -0.39 is 26.7 Å². The van der Waals surface area contributed by atoms with Crippen LogP contribution in [-0.4, -0.2) is 13.7 Å². The number of rotatable bonds is 2. The maximum Gasteiger partial charge on any atom is 0.187 e. The van der Waals surface area contributed by atoms with E-state index in [1.54, 1.807) is 17.2 Å². The van der Waals surface area contributed by atoms with E-state index in [0.29, 0.717) is 4.90 Å². The van der Waals surface area contributed by atoms with E-state index in [9.17, 15) is 8.42 Å². The van der Waals surface area contributed by atoms with Crippen molar-refractivity contribution in [1.82, 2.24) is 0 Å². The van der Waals surface area contributed by atoms with Crippen LogP contribution in [0.5, 0.6) is 0 Å². The molecule has 0 amide bonds. The summed E-state index contributed by atoms with van der Waals surface area (Å²) >= 11 is 0. The van der Waals surface area contributed by atoms with E-state index in [-0.39, 0.29) is 0 Å². The topological polar surface area (TPSA) is 46.6 Å². The number of hydroxylamine groups is 1. The molecule has 3 aromatic carbocycles. The average Bonchev–Trinajstić information content (AvgIpc) is 3.12. The zero-order valence-corrected chi connectivity index (χ0v) is 15.6. The average molecular weight is 377 g/mol. The number of fused-ring (bicyclic) bond motifs is 3. The first-order chi connectivity index (χ1) is 13.0. The lowest BCUT2D eigenvalue weighted by atomic mass is 9.88. The summed E-state index contributed by atoms with van der Waals surface area (Å²) in [5.41, 5.74) is 1.56. The Kier molecular flexibility index (Phi) is 3.48. The highest BCUT2D eigenvalue weighted by Crippen LogP contribution is 2.57. The molecule has 0 aromatic heterocycles. The Balaban J connectivity index is 1.76. The lowest BCUT2D eigenvalue weighted by molar-refractivity contribution is -0.000144. The maximum atomic E-state index is 13.5. The molecule has 1 saturated heterocycles. The summed E-state index contributed by atoms with van der Waals surface area (Å²) in [6, 6.07) is 26.2. The van der Waals surface area contributed by atoms with E-state index in [1.165, 1.54) is 0 Å². The van der Waals surface area contributed by atoms with Crippen LogP contribution < -0.4 is 5.06 Å². The van der Waals surface area contributed by atoms with Crippen molar-refractivity contribution in [3.8, 4) is 0 Å². The summed E-state index contributed by atoms with van der Waals surface area (Å²) in [5.74, 6) is 0. The number of hydrogen-bond acceptors (Lipinski definition) is 4. The van der Waals surface area contributed by atoms with Crippen molar-refractivity contribution in [2.24, 2.45) is 0 Å². The van der Waals surface area contributed by atoms with Crippen molar-refractivity contribution < 1.29 is 13.3 Å². The van der Waals surface area contributed by atoms with Gasteiger partial charge in [-0.3, -0.25) is 4.84 Å². The van der Waals surface area contributed by atoms with Crippen molar-refractivity contribution in [1.29, 1.82) is 0 Å². The fourth-order valence-corrected chi connectivity index (χ4v) is 6.90. The molecule has 0 N–H and O–H groups in total. The summed E-state index contributed by atoms with van der Waals surface area (Å²) in [5, 5.41) is 1.05. The van der Waals surface area contributed by atoms with Gasteiger partial charge in [-0.2, -0.15) is 0 Å². The summed E-state index contributed by atoms with van der Waals surface area (Å²) in [6.45, 7) is 1.89. The molecule has 3 atom stereocenters. The van der Waals surface area contributed by atoms with Crippen LogP contribution in [0.25, 0.3) is 0 Å². The summed E-state index contributed by atoms with van der Waals surface area (Å²) < 4.78 is 27.0. The van der Waals surface area contributed by atoms with Gasteiger partial charge < -0.3 is 0 Å². The zero-order valence-electron chi connectivity index (χ0n) is 14.8. The minimum Gasteiger partial charge on any atom is -0.260 e. The Morgan fingerprint density at radius 3 is 2.15 bits per heavy atom. The first kappa shape index (κ1) is 16.5. The first-order valence-corrected chi connectivity index (χ1v) is 10.5. The van der Waals surface area contributed by atoms with Gasteiger partial charge in [0.05, 0.1) is 10.6 Å². The molecule has 0 saturated carbocycles. The predicted molar refractivity (Wildman–Crippen MR) is 104 cm³/mol. The van der Waals surface area contributed by atoms with Gasteiger partial charge in [-0.25, -0.2) is 13.5 Å². The van der Waals surface area contributed by atoms with Gasteiger partial charge in [0.25, 0.3) is 0 Å². The maximum absolute atomic E-state index is 13.5. The summed E-state index contributed by atoms with van der Waals surface area (Å²) in [6.07, 6.45) is 0. The van der Waals surface area contributed by atoms with Crippen molar-refractivity contribution in [2.75, 3.05) is 5.06 Å². The monoisotopic (exact) mass is 377 g/mol.